The fourth-order valence-corrected chi connectivity index (χ4v) is 2.95. The first-order valence-electron chi connectivity index (χ1n) is 7.44. The molecule has 1 aliphatic heterocycles. The van der Waals surface area contributed by atoms with Gasteiger partial charge in [-0.2, -0.15) is 0 Å². The molecule has 0 bridgehead atoms. The van der Waals surface area contributed by atoms with Crippen LogP contribution in [0, 0.1) is 19.8 Å². The summed E-state index contributed by atoms with van der Waals surface area (Å²) in [6.07, 6.45) is 4.94. The zero-order valence-electron chi connectivity index (χ0n) is 12.2. The van der Waals surface area contributed by atoms with Crippen LogP contribution in [-0.4, -0.2) is 18.9 Å². The number of nitrogens with one attached hydrogen (secondary N) is 1. The van der Waals surface area contributed by atoms with Gasteiger partial charge in [0.05, 0.1) is 0 Å². The highest BCUT2D eigenvalue weighted by molar-refractivity contribution is 5.81. The van der Waals surface area contributed by atoms with Gasteiger partial charge in [0.15, 0.2) is 0 Å². The SMILES string of the molecule is Cc1cccc(C)c1CC(=O)CCC1CCCNC1. The third kappa shape index (κ3) is 4.17. The summed E-state index contributed by atoms with van der Waals surface area (Å²) >= 11 is 0. The summed E-state index contributed by atoms with van der Waals surface area (Å²) in [4.78, 5) is 12.1. The van der Waals surface area contributed by atoms with Crippen molar-refractivity contribution in [3.05, 3.63) is 34.9 Å². The van der Waals surface area contributed by atoms with Gasteiger partial charge in [0.2, 0.25) is 0 Å². The van der Waals surface area contributed by atoms with E-state index < -0.39 is 0 Å². The largest absolute Gasteiger partial charge is 0.316 e. The molecule has 1 atom stereocenters. The van der Waals surface area contributed by atoms with Crippen molar-refractivity contribution in [3.63, 3.8) is 0 Å². The third-order valence-electron chi connectivity index (χ3n) is 4.25. The molecule has 2 rings (SSSR count). The lowest BCUT2D eigenvalue weighted by Gasteiger charge is -2.22. The lowest BCUT2D eigenvalue weighted by molar-refractivity contribution is -0.118. The van der Waals surface area contributed by atoms with Crippen LogP contribution in [0.25, 0.3) is 0 Å². The number of carbonyl (C=O) groups excluding carboxylic acids is 1. The van der Waals surface area contributed by atoms with Crippen molar-refractivity contribution in [1.82, 2.24) is 5.32 Å². The summed E-state index contributed by atoms with van der Waals surface area (Å²) in [5, 5.41) is 3.42. The van der Waals surface area contributed by atoms with Crippen LogP contribution >= 0.6 is 0 Å². The van der Waals surface area contributed by atoms with E-state index in [0.717, 1.165) is 25.9 Å². The second-order valence-corrected chi connectivity index (χ2v) is 5.84. The van der Waals surface area contributed by atoms with Gasteiger partial charge in [0.25, 0.3) is 0 Å². The van der Waals surface area contributed by atoms with Crippen molar-refractivity contribution in [2.24, 2.45) is 5.92 Å². The Morgan fingerprint density at radius 3 is 2.68 bits per heavy atom. The minimum absolute atomic E-state index is 0.392. The Hall–Kier alpha value is -1.15. The Bertz CT molecular complexity index is 413. The molecule has 0 aromatic heterocycles. The summed E-state index contributed by atoms with van der Waals surface area (Å²) in [5.41, 5.74) is 3.72. The van der Waals surface area contributed by atoms with Gasteiger partial charge in [-0.1, -0.05) is 18.2 Å². The summed E-state index contributed by atoms with van der Waals surface area (Å²) in [6, 6.07) is 6.26. The minimum atomic E-state index is 0.392. The van der Waals surface area contributed by atoms with E-state index in [1.165, 1.54) is 29.5 Å². The Balaban J connectivity index is 1.83. The van der Waals surface area contributed by atoms with Crippen LogP contribution < -0.4 is 5.32 Å². The number of ketones is 1. The number of piperidine rings is 1. The monoisotopic (exact) mass is 259 g/mol. The number of Topliss-reactive ketones (excluding diaryl/α,β-unsaturated/α-hetero) is 1. The molecule has 0 radical (unpaired) electrons. The summed E-state index contributed by atoms with van der Waals surface area (Å²) in [7, 11) is 0. The highest BCUT2D eigenvalue weighted by Gasteiger charge is 2.15. The number of hydrogen-bond acceptors (Lipinski definition) is 2. The molecule has 19 heavy (non-hydrogen) atoms. The number of benzene rings is 1. The number of carbonyl (C=O) groups is 1. The molecule has 1 unspecified atom stereocenters. The van der Waals surface area contributed by atoms with Crippen molar-refractivity contribution in [1.29, 1.82) is 0 Å². The molecule has 0 amide bonds. The zero-order valence-corrected chi connectivity index (χ0v) is 12.2. The summed E-state index contributed by atoms with van der Waals surface area (Å²) in [5.74, 6) is 1.10. The van der Waals surface area contributed by atoms with Crippen molar-refractivity contribution in [2.45, 2.75) is 46.0 Å². The number of aryl methyl sites for hydroxylation is 2. The first kappa shape index (κ1) is 14.3. The second kappa shape index (κ2) is 6.85. The normalized spacial score (nSPS) is 19.4. The van der Waals surface area contributed by atoms with Crippen LogP contribution in [0.5, 0.6) is 0 Å². The molecule has 1 aromatic rings. The highest BCUT2D eigenvalue weighted by Crippen LogP contribution is 2.19. The lowest BCUT2D eigenvalue weighted by Crippen LogP contribution is -2.30. The molecule has 104 valence electrons. The van der Waals surface area contributed by atoms with Crippen molar-refractivity contribution >= 4 is 5.78 Å². The molecular formula is C17H25NO. The molecular weight excluding hydrogens is 234 g/mol. The van der Waals surface area contributed by atoms with Crippen molar-refractivity contribution < 1.29 is 4.79 Å². The maximum absolute atomic E-state index is 12.1. The van der Waals surface area contributed by atoms with Gasteiger partial charge in [0.1, 0.15) is 5.78 Å². The molecule has 0 spiro atoms. The molecule has 1 aliphatic rings. The maximum Gasteiger partial charge on any atom is 0.137 e. The van der Waals surface area contributed by atoms with E-state index in [1.807, 2.05) is 0 Å². The van der Waals surface area contributed by atoms with E-state index >= 15 is 0 Å². The molecule has 2 heteroatoms. The molecule has 1 aromatic carbocycles. The fraction of sp³-hybridized carbons (Fsp3) is 0.588. The molecule has 0 aliphatic carbocycles. The topological polar surface area (TPSA) is 29.1 Å². The minimum Gasteiger partial charge on any atom is -0.316 e. The van der Waals surface area contributed by atoms with Crippen molar-refractivity contribution in [2.75, 3.05) is 13.1 Å². The standard InChI is InChI=1S/C17H25NO/c1-13-5-3-6-14(2)17(13)11-16(19)9-8-15-7-4-10-18-12-15/h3,5-6,15,18H,4,7-12H2,1-2H3. The first-order valence-corrected chi connectivity index (χ1v) is 7.44. The average Bonchev–Trinajstić information content (AvgIpc) is 2.42. The van der Waals surface area contributed by atoms with E-state index in [9.17, 15) is 4.79 Å². The van der Waals surface area contributed by atoms with E-state index in [2.05, 4.69) is 37.4 Å². The Kier molecular flexibility index (Phi) is 5.15. The van der Waals surface area contributed by atoms with Crippen molar-refractivity contribution in [3.8, 4) is 0 Å². The fourth-order valence-electron chi connectivity index (χ4n) is 2.95. The van der Waals surface area contributed by atoms with Gasteiger partial charge in [-0.25, -0.2) is 0 Å². The second-order valence-electron chi connectivity index (χ2n) is 5.84. The smallest absolute Gasteiger partial charge is 0.137 e. The maximum atomic E-state index is 12.1. The van der Waals surface area contributed by atoms with Gasteiger partial charge in [-0.15, -0.1) is 0 Å². The van der Waals surface area contributed by atoms with E-state index in [1.54, 1.807) is 0 Å². The molecule has 1 N–H and O–H groups in total. The van der Waals surface area contributed by atoms with Gasteiger partial charge < -0.3 is 5.32 Å². The Morgan fingerprint density at radius 2 is 2.05 bits per heavy atom. The van der Waals surface area contributed by atoms with Crippen LogP contribution in [0.2, 0.25) is 0 Å². The quantitative estimate of drug-likeness (QED) is 0.880. The molecule has 2 nitrogen and oxygen atoms in total. The number of hydrogen-bond donors (Lipinski definition) is 1. The van der Waals surface area contributed by atoms with Crippen LogP contribution in [-0.2, 0) is 11.2 Å². The first-order chi connectivity index (χ1) is 9.16. The summed E-state index contributed by atoms with van der Waals surface area (Å²) < 4.78 is 0. The average molecular weight is 259 g/mol. The van der Waals surface area contributed by atoms with Crippen LogP contribution in [0.3, 0.4) is 0 Å². The van der Waals surface area contributed by atoms with Gasteiger partial charge >= 0.3 is 0 Å². The summed E-state index contributed by atoms with van der Waals surface area (Å²) in [6.45, 7) is 6.44. The predicted octanol–water partition coefficient (Wildman–Crippen LogP) is 3.19. The van der Waals surface area contributed by atoms with E-state index in [-0.39, 0.29) is 0 Å². The zero-order chi connectivity index (χ0) is 13.7. The predicted molar refractivity (Wildman–Crippen MR) is 79.5 cm³/mol. The molecule has 1 heterocycles. The molecule has 1 saturated heterocycles. The van der Waals surface area contributed by atoms with E-state index in [4.69, 9.17) is 0 Å². The van der Waals surface area contributed by atoms with Gasteiger partial charge in [-0.05, 0) is 68.8 Å². The number of rotatable bonds is 5. The van der Waals surface area contributed by atoms with Crippen LogP contribution in [0.4, 0.5) is 0 Å². The van der Waals surface area contributed by atoms with Crippen LogP contribution in [0.1, 0.15) is 42.4 Å². The molecule has 0 saturated carbocycles. The lowest BCUT2D eigenvalue weighted by atomic mass is 9.91. The third-order valence-corrected chi connectivity index (χ3v) is 4.25. The molecule has 1 fully saturated rings. The highest BCUT2D eigenvalue weighted by atomic mass is 16.1. The van der Waals surface area contributed by atoms with Gasteiger partial charge in [-0.3, -0.25) is 4.79 Å². The van der Waals surface area contributed by atoms with E-state index in [0.29, 0.717) is 18.1 Å². The Labute approximate surface area is 116 Å². The van der Waals surface area contributed by atoms with Crippen LogP contribution in [0.15, 0.2) is 18.2 Å². The Morgan fingerprint density at radius 1 is 1.32 bits per heavy atom. The van der Waals surface area contributed by atoms with Gasteiger partial charge in [0, 0.05) is 12.8 Å².